The summed E-state index contributed by atoms with van der Waals surface area (Å²) in [7, 11) is 0. The summed E-state index contributed by atoms with van der Waals surface area (Å²) in [5.41, 5.74) is 5.14. The van der Waals surface area contributed by atoms with Crippen molar-refractivity contribution in [1.82, 2.24) is 15.1 Å². The Labute approximate surface area is 237 Å². The molecule has 0 aromatic heterocycles. The monoisotopic (exact) mass is 550 g/mol. The summed E-state index contributed by atoms with van der Waals surface area (Å²) in [6.45, 7) is 3.06. The Morgan fingerprint density at radius 3 is 2.49 bits per heavy atom. The van der Waals surface area contributed by atoms with Gasteiger partial charge in [0.2, 0.25) is 11.8 Å². The SMILES string of the molecule is O=C1CCC(N2Cc3cc(C4CCN(Cc5ccc6c(c5)NC(=O)c5ccccc5O6)CC4)ccc3C2=O)C(=O)N1. The van der Waals surface area contributed by atoms with E-state index in [9.17, 15) is 19.2 Å². The number of rotatable bonds is 4. The first-order chi connectivity index (χ1) is 19.9. The van der Waals surface area contributed by atoms with Crippen LogP contribution < -0.4 is 15.4 Å². The van der Waals surface area contributed by atoms with Crippen LogP contribution in [0.25, 0.3) is 0 Å². The van der Waals surface area contributed by atoms with Gasteiger partial charge in [-0.1, -0.05) is 30.3 Å². The zero-order chi connectivity index (χ0) is 28.1. The fraction of sp³-hybridized carbons (Fsp3) is 0.312. The Morgan fingerprint density at radius 1 is 0.829 bits per heavy atom. The van der Waals surface area contributed by atoms with Gasteiger partial charge in [-0.3, -0.25) is 29.4 Å². The number of hydrogen-bond acceptors (Lipinski definition) is 6. The lowest BCUT2D eigenvalue weighted by Gasteiger charge is -2.32. The molecule has 1 atom stereocenters. The Bertz CT molecular complexity index is 1590. The number of fused-ring (bicyclic) bond motifs is 3. The van der Waals surface area contributed by atoms with Gasteiger partial charge in [-0.2, -0.15) is 0 Å². The lowest BCUT2D eigenvalue weighted by atomic mass is 9.87. The predicted molar refractivity (Wildman–Crippen MR) is 151 cm³/mol. The molecule has 2 N–H and O–H groups in total. The van der Waals surface area contributed by atoms with E-state index < -0.39 is 6.04 Å². The maximum atomic E-state index is 13.0. The summed E-state index contributed by atoms with van der Waals surface area (Å²) in [5, 5.41) is 5.35. The molecule has 9 heteroatoms. The molecule has 0 aliphatic carbocycles. The van der Waals surface area contributed by atoms with E-state index in [0.29, 0.717) is 47.2 Å². The quantitative estimate of drug-likeness (QED) is 0.472. The minimum Gasteiger partial charge on any atom is -0.454 e. The van der Waals surface area contributed by atoms with Crippen LogP contribution >= 0.6 is 0 Å². The third kappa shape index (κ3) is 4.76. The maximum Gasteiger partial charge on any atom is 0.259 e. The first-order valence-corrected chi connectivity index (χ1v) is 14.1. The highest BCUT2D eigenvalue weighted by Crippen LogP contribution is 2.37. The van der Waals surface area contributed by atoms with E-state index in [1.54, 1.807) is 17.0 Å². The van der Waals surface area contributed by atoms with Crippen molar-refractivity contribution in [2.75, 3.05) is 18.4 Å². The number of ether oxygens (including phenoxy) is 1. The van der Waals surface area contributed by atoms with Crippen LogP contribution in [-0.2, 0) is 22.7 Å². The van der Waals surface area contributed by atoms with E-state index in [2.05, 4.69) is 33.7 Å². The molecule has 7 rings (SSSR count). The molecule has 0 radical (unpaired) electrons. The lowest BCUT2D eigenvalue weighted by molar-refractivity contribution is -0.136. The van der Waals surface area contributed by atoms with Crippen LogP contribution in [0, 0.1) is 0 Å². The second-order valence-corrected chi connectivity index (χ2v) is 11.2. The van der Waals surface area contributed by atoms with E-state index in [4.69, 9.17) is 4.74 Å². The van der Waals surface area contributed by atoms with Crippen molar-refractivity contribution < 1.29 is 23.9 Å². The smallest absolute Gasteiger partial charge is 0.259 e. The van der Waals surface area contributed by atoms with Crippen molar-refractivity contribution in [3.63, 3.8) is 0 Å². The number of imide groups is 1. The number of anilines is 1. The molecule has 9 nitrogen and oxygen atoms in total. The molecule has 0 spiro atoms. The van der Waals surface area contributed by atoms with Gasteiger partial charge in [0.25, 0.3) is 11.8 Å². The number of para-hydroxylation sites is 1. The molecule has 2 fully saturated rings. The number of hydrogen-bond donors (Lipinski definition) is 2. The highest BCUT2D eigenvalue weighted by molar-refractivity contribution is 6.08. The van der Waals surface area contributed by atoms with Gasteiger partial charge in [0.1, 0.15) is 11.8 Å². The summed E-state index contributed by atoms with van der Waals surface area (Å²) >= 11 is 0. The number of carbonyl (C=O) groups is 4. The van der Waals surface area contributed by atoms with E-state index in [-0.39, 0.29) is 30.0 Å². The topological polar surface area (TPSA) is 108 Å². The van der Waals surface area contributed by atoms with E-state index >= 15 is 0 Å². The summed E-state index contributed by atoms with van der Waals surface area (Å²) < 4.78 is 6.02. The zero-order valence-electron chi connectivity index (χ0n) is 22.5. The van der Waals surface area contributed by atoms with E-state index in [1.165, 1.54) is 5.56 Å². The molecule has 208 valence electrons. The Kier molecular flexibility index (Phi) is 6.31. The van der Waals surface area contributed by atoms with Gasteiger partial charge in [0.05, 0.1) is 11.3 Å². The first-order valence-electron chi connectivity index (χ1n) is 14.1. The second kappa shape index (κ2) is 10.2. The van der Waals surface area contributed by atoms with Crippen LogP contribution in [0.4, 0.5) is 5.69 Å². The molecular formula is C32H30N4O5. The molecule has 4 aliphatic rings. The average Bonchev–Trinajstić information content (AvgIpc) is 3.22. The Balaban J connectivity index is 0.983. The largest absolute Gasteiger partial charge is 0.454 e. The molecule has 3 aromatic rings. The number of nitrogens with one attached hydrogen (secondary N) is 2. The zero-order valence-corrected chi connectivity index (χ0v) is 22.5. The van der Waals surface area contributed by atoms with Crippen LogP contribution in [0.3, 0.4) is 0 Å². The number of carbonyl (C=O) groups excluding carboxylic acids is 4. The highest BCUT2D eigenvalue weighted by atomic mass is 16.5. The van der Waals surface area contributed by atoms with E-state index in [1.807, 2.05) is 30.3 Å². The molecule has 3 aromatic carbocycles. The van der Waals surface area contributed by atoms with Crippen molar-refractivity contribution in [2.24, 2.45) is 0 Å². The lowest BCUT2D eigenvalue weighted by Crippen LogP contribution is -2.52. The highest BCUT2D eigenvalue weighted by Gasteiger charge is 2.39. The number of nitrogens with zero attached hydrogens (tertiary/aromatic N) is 2. The Hall–Kier alpha value is -4.50. The van der Waals surface area contributed by atoms with Crippen LogP contribution in [0.2, 0.25) is 0 Å². The summed E-state index contributed by atoms with van der Waals surface area (Å²) in [6.07, 6.45) is 2.63. The van der Waals surface area contributed by atoms with Crippen LogP contribution in [0.5, 0.6) is 11.5 Å². The summed E-state index contributed by atoms with van der Waals surface area (Å²) in [6, 6.07) is 18.7. The normalized spacial score (nSPS) is 20.9. The molecule has 41 heavy (non-hydrogen) atoms. The van der Waals surface area contributed by atoms with Gasteiger partial charge in [-0.25, -0.2) is 0 Å². The van der Waals surface area contributed by atoms with Gasteiger partial charge >= 0.3 is 0 Å². The number of piperidine rings is 2. The second-order valence-electron chi connectivity index (χ2n) is 11.2. The fourth-order valence-corrected chi connectivity index (χ4v) is 6.44. The molecule has 4 aliphatic heterocycles. The van der Waals surface area contributed by atoms with Crippen molar-refractivity contribution in [3.05, 3.63) is 88.5 Å². The van der Waals surface area contributed by atoms with Gasteiger partial charge in [0.15, 0.2) is 5.75 Å². The maximum absolute atomic E-state index is 13.0. The average molecular weight is 551 g/mol. The molecule has 2 saturated heterocycles. The fourth-order valence-electron chi connectivity index (χ4n) is 6.44. The van der Waals surface area contributed by atoms with Gasteiger partial charge in [-0.15, -0.1) is 0 Å². The predicted octanol–water partition coefficient (Wildman–Crippen LogP) is 4.19. The number of benzene rings is 3. The number of amides is 4. The standard InChI is InChI=1S/C32H30N4O5/c37-29-10-8-26(31(39)34-29)36-18-22-16-21(6-7-23(22)32(36)40)20-11-13-35(14-12-20)17-19-5-9-28-25(15-19)33-30(38)24-3-1-2-4-27(24)41-28/h1-7,9,15-16,20,26H,8,10-14,17-18H2,(H,33,38)(H,34,37,39). The van der Waals surface area contributed by atoms with Crippen molar-refractivity contribution in [1.29, 1.82) is 0 Å². The van der Waals surface area contributed by atoms with Crippen LogP contribution in [0.15, 0.2) is 60.7 Å². The van der Waals surface area contributed by atoms with Gasteiger partial charge in [0, 0.05) is 25.1 Å². The molecule has 4 heterocycles. The minimum absolute atomic E-state index is 0.137. The van der Waals surface area contributed by atoms with Gasteiger partial charge < -0.3 is 15.0 Å². The Morgan fingerprint density at radius 2 is 1.66 bits per heavy atom. The molecule has 4 amide bonds. The summed E-state index contributed by atoms with van der Waals surface area (Å²) in [4.78, 5) is 53.7. The van der Waals surface area contributed by atoms with Crippen molar-refractivity contribution in [2.45, 2.75) is 50.7 Å². The molecular weight excluding hydrogens is 520 g/mol. The summed E-state index contributed by atoms with van der Waals surface area (Å²) in [5.74, 6) is 0.614. The molecule has 0 saturated carbocycles. The van der Waals surface area contributed by atoms with Crippen LogP contribution in [0.1, 0.15) is 69.0 Å². The van der Waals surface area contributed by atoms with E-state index in [0.717, 1.165) is 43.6 Å². The van der Waals surface area contributed by atoms with Crippen LogP contribution in [-0.4, -0.2) is 52.6 Å². The van der Waals surface area contributed by atoms with Gasteiger partial charge in [-0.05, 0) is 85.3 Å². The van der Waals surface area contributed by atoms with Crippen molar-refractivity contribution in [3.8, 4) is 11.5 Å². The number of likely N-dealkylation sites (tertiary alicyclic amines) is 1. The van der Waals surface area contributed by atoms with Crippen molar-refractivity contribution >= 4 is 29.3 Å². The third-order valence-corrected chi connectivity index (χ3v) is 8.66. The molecule has 0 bridgehead atoms. The minimum atomic E-state index is -0.595. The molecule has 1 unspecified atom stereocenters. The third-order valence-electron chi connectivity index (χ3n) is 8.66. The first kappa shape index (κ1) is 25.5.